The molecule has 0 aromatic carbocycles. The Balaban J connectivity index is 2.10. The van der Waals surface area contributed by atoms with E-state index in [1.807, 2.05) is 6.08 Å². The van der Waals surface area contributed by atoms with Crippen molar-refractivity contribution in [2.75, 3.05) is 0 Å². The molecule has 1 rings (SSSR count). The van der Waals surface area contributed by atoms with E-state index in [4.69, 9.17) is 0 Å². The van der Waals surface area contributed by atoms with Crippen LogP contribution in [0.25, 0.3) is 0 Å². The second-order valence-corrected chi connectivity index (χ2v) is 4.48. The Morgan fingerprint density at radius 3 is 2.69 bits per heavy atom. The number of hydrogen-bond donors (Lipinski definition) is 1. The van der Waals surface area contributed by atoms with Crippen LogP contribution in [-0.4, -0.2) is 11.2 Å². The molecule has 76 valence electrons. The molecule has 1 fully saturated rings. The summed E-state index contributed by atoms with van der Waals surface area (Å²) >= 11 is 0. The number of aliphatic hydroxyl groups excluding tert-OH is 1. The van der Waals surface area contributed by atoms with E-state index >= 15 is 0 Å². The topological polar surface area (TPSA) is 20.2 Å². The van der Waals surface area contributed by atoms with Crippen LogP contribution in [0.3, 0.4) is 0 Å². The molecule has 0 aromatic rings. The van der Waals surface area contributed by atoms with Gasteiger partial charge in [-0.25, -0.2) is 0 Å². The summed E-state index contributed by atoms with van der Waals surface area (Å²) < 4.78 is 0. The monoisotopic (exact) mass is 182 g/mol. The Kier molecular flexibility index (Phi) is 4.51. The van der Waals surface area contributed by atoms with Gasteiger partial charge in [-0.05, 0) is 43.9 Å². The van der Waals surface area contributed by atoms with E-state index in [0.717, 1.165) is 18.8 Å². The lowest BCUT2D eigenvalue weighted by Crippen LogP contribution is -2.12. The molecule has 0 spiro atoms. The van der Waals surface area contributed by atoms with Crippen LogP contribution in [0.2, 0.25) is 0 Å². The number of aliphatic hydroxyl groups is 1. The van der Waals surface area contributed by atoms with Crippen molar-refractivity contribution in [3.05, 3.63) is 12.7 Å². The second-order valence-electron chi connectivity index (χ2n) is 4.48. The molecule has 1 heteroatoms. The zero-order valence-corrected chi connectivity index (χ0v) is 8.71. The highest BCUT2D eigenvalue weighted by Crippen LogP contribution is 2.34. The summed E-state index contributed by atoms with van der Waals surface area (Å²) in [6.45, 7) is 5.95. The van der Waals surface area contributed by atoms with E-state index in [2.05, 4.69) is 13.5 Å². The highest BCUT2D eigenvalue weighted by atomic mass is 16.3. The second kappa shape index (κ2) is 5.43. The van der Waals surface area contributed by atoms with Crippen molar-refractivity contribution in [3.63, 3.8) is 0 Å². The van der Waals surface area contributed by atoms with E-state index in [-0.39, 0.29) is 6.10 Å². The van der Waals surface area contributed by atoms with Gasteiger partial charge in [0.05, 0.1) is 6.10 Å². The minimum Gasteiger partial charge on any atom is -0.393 e. The zero-order chi connectivity index (χ0) is 9.68. The van der Waals surface area contributed by atoms with Crippen LogP contribution >= 0.6 is 0 Å². The molecule has 0 heterocycles. The molecule has 1 N–H and O–H groups in total. The Bertz CT molecular complexity index is 153. The van der Waals surface area contributed by atoms with Crippen molar-refractivity contribution in [2.24, 2.45) is 11.8 Å². The van der Waals surface area contributed by atoms with Gasteiger partial charge in [0, 0.05) is 0 Å². The Morgan fingerprint density at radius 2 is 2.15 bits per heavy atom. The number of rotatable bonds is 5. The molecule has 13 heavy (non-hydrogen) atoms. The van der Waals surface area contributed by atoms with Crippen LogP contribution < -0.4 is 0 Å². The van der Waals surface area contributed by atoms with Gasteiger partial charge in [0.1, 0.15) is 0 Å². The zero-order valence-electron chi connectivity index (χ0n) is 8.71. The largest absolute Gasteiger partial charge is 0.393 e. The van der Waals surface area contributed by atoms with Crippen LogP contribution in [0, 0.1) is 11.8 Å². The first-order chi connectivity index (χ1) is 6.24. The maximum Gasteiger partial charge on any atom is 0.0571 e. The first-order valence-corrected chi connectivity index (χ1v) is 5.53. The number of unbranched alkanes of at least 4 members (excludes halogenated alkanes) is 2. The SMILES string of the molecule is C=CCCCC[C@@H]1C[C@@H](C)C[C@H]1O. The summed E-state index contributed by atoms with van der Waals surface area (Å²) in [5.41, 5.74) is 0. The number of allylic oxidation sites excluding steroid dienone is 1. The molecule has 1 nitrogen and oxygen atoms in total. The third-order valence-electron chi connectivity index (χ3n) is 3.13. The Labute approximate surface area is 81.9 Å². The van der Waals surface area contributed by atoms with Gasteiger partial charge < -0.3 is 5.11 Å². The van der Waals surface area contributed by atoms with Gasteiger partial charge in [-0.2, -0.15) is 0 Å². The maximum atomic E-state index is 9.70. The first-order valence-electron chi connectivity index (χ1n) is 5.53. The summed E-state index contributed by atoms with van der Waals surface area (Å²) in [6.07, 6.45) is 9.03. The highest BCUT2D eigenvalue weighted by molar-refractivity contribution is 4.81. The van der Waals surface area contributed by atoms with Crippen molar-refractivity contribution in [3.8, 4) is 0 Å². The molecule has 1 aliphatic carbocycles. The van der Waals surface area contributed by atoms with Crippen LogP contribution in [0.1, 0.15) is 45.4 Å². The quantitative estimate of drug-likeness (QED) is 0.511. The minimum absolute atomic E-state index is 0.0151. The standard InChI is InChI=1S/C12H22O/c1-3-4-5-6-7-11-8-10(2)9-12(11)13/h3,10-13H,1,4-9H2,2H3/t10-,11-,12-/m1/s1. The van der Waals surface area contributed by atoms with Crippen molar-refractivity contribution >= 4 is 0 Å². The van der Waals surface area contributed by atoms with Crippen molar-refractivity contribution < 1.29 is 5.11 Å². The molecule has 1 saturated carbocycles. The molecule has 0 amide bonds. The molecule has 0 aromatic heterocycles. The molecular weight excluding hydrogens is 160 g/mol. The van der Waals surface area contributed by atoms with Gasteiger partial charge in [0.2, 0.25) is 0 Å². The third-order valence-corrected chi connectivity index (χ3v) is 3.13. The third kappa shape index (κ3) is 3.51. The normalized spacial score (nSPS) is 33.5. The molecule has 0 unspecified atom stereocenters. The fourth-order valence-corrected chi connectivity index (χ4v) is 2.38. The van der Waals surface area contributed by atoms with Gasteiger partial charge in [-0.1, -0.05) is 19.4 Å². The van der Waals surface area contributed by atoms with Crippen LogP contribution in [0.4, 0.5) is 0 Å². The van der Waals surface area contributed by atoms with Gasteiger partial charge in [-0.15, -0.1) is 6.58 Å². The lowest BCUT2D eigenvalue weighted by Gasteiger charge is -2.13. The van der Waals surface area contributed by atoms with E-state index in [9.17, 15) is 5.11 Å². The molecule has 1 aliphatic rings. The highest BCUT2D eigenvalue weighted by Gasteiger charge is 2.29. The van der Waals surface area contributed by atoms with Gasteiger partial charge in [0.15, 0.2) is 0 Å². The van der Waals surface area contributed by atoms with Crippen molar-refractivity contribution in [1.29, 1.82) is 0 Å². The molecule has 3 atom stereocenters. The van der Waals surface area contributed by atoms with Crippen LogP contribution in [-0.2, 0) is 0 Å². The molecular formula is C12H22O. The predicted octanol–water partition coefficient (Wildman–Crippen LogP) is 3.14. The first kappa shape index (κ1) is 10.8. The molecule has 0 radical (unpaired) electrons. The molecule has 0 saturated heterocycles. The molecule has 0 bridgehead atoms. The summed E-state index contributed by atoms with van der Waals surface area (Å²) in [4.78, 5) is 0. The molecule has 0 aliphatic heterocycles. The minimum atomic E-state index is -0.0151. The van der Waals surface area contributed by atoms with E-state index in [0.29, 0.717) is 5.92 Å². The summed E-state index contributed by atoms with van der Waals surface area (Å²) in [6, 6.07) is 0. The van der Waals surface area contributed by atoms with E-state index < -0.39 is 0 Å². The lowest BCUT2D eigenvalue weighted by molar-refractivity contribution is 0.125. The smallest absolute Gasteiger partial charge is 0.0571 e. The predicted molar refractivity (Wildman–Crippen MR) is 56.6 cm³/mol. The summed E-state index contributed by atoms with van der Waals surface area (Å²) in [7, 11) is 0. The van der Waals surface area contributed by atoms with Crippen molar-refractivity contribution in [1.82, 2.24) is 0 Å². The van der Waals surface area contributed by atoms with Gasteiger partial charge >= 0.3 is 0 Å². The van der Waals surface area contributed by atoms with Crippen molar-refractivity contribution in [2.45, 2.75) is 51.6 Å². The van der Waals surface area contributed by atoms with E-state index in [1.165, 1.54) is 25.7 Å². The average Bonchev–Trinajstić information content (AvgIpc) is 2.39. The fraction of sp³-hybridized carbons (Fsp3) is 0.833. The summed E-state index contributed by atoms with van der Waals surface area (Å²) in [5, 5.41) is 9.70. The Hall–Kier alpha value is -0.300. The van der Waals surface area contributed by atoms with Gasteiger partial charge in [-0.3, -0.25) is 0 Å². The number of hydrogen-bond acceptors (Lipinski definition) is 1. The van der Waals surface area contributed by atoms with Gasteiger partial charge in [0.25, 0.3) is 0 Å². The lowest BCUT2D eigenvalue weighted by atomic mass is 9.97. The van der Waals surface area contributed by atoms with Crippen LogP contribution in [0.5, 0.6) is 0 Å². The summed E-state index contributed by atoms with van der Waals surface area (Å²) in [5.74, 6) is 1.32. The Morgan fingerprint density at radius 1 is 1.38 bits per heavy atom. The average molecular weight is 182 g/mol. The maximum absolute atomic E-state index is 9.70. The fourth-order valence-electron chi connectivity index (χ4n) is 2.38. The van der Waals surface area contributed by atoms with E-state index in [1.54, 1.807) is 0 Å². The van der Waals surface area contributed by atoms with Crippen LogP contribution in [0.15, 0.2) is 12.7 Å².